The molecule has 1 nitrogen and oxygen atoms in total. The molecule has 4 rings (SSSR count). The molecule has 0 spiro atoms. The Hall–Kier alpha value is -1.67. The van der Waals surface area contributed by atoms with Crippen molar-refractivity contribution in [2.45, 2.75) is 24.8 Å². The van der Waals surface area contributed by atoms with Gasteiger partial charge >= 0.3 is 0 Å². The molecular weight excluding hydrogens is 237 g/mol. The zero-order chi connectivity index (χ0) is 12.8. The third-order valence-corrected chi connectivity index (χ3v) is 4.48. The second kappa shape index (κ2) is 4.17. The first-order valence-corrected chi connectivity index (χ1v) is 6.94. The van der Waals surface area contributed by atoms with Gasteiger partial charge in [-0.1, -0.05) is 24.3 Å². The van der Waals surface area contributed by atoms with E-state index in [1.807, 2.05) is 12.1 Å². The standard InChI is InChI=1S/C17H16FN/c18-14-4-1-11(2-5-14)12-3-6-15-13-7-8-19-17(10-13)16(15)9-12/h1-6,9,13,17,19H,7-8,10H2/t13-,17-/m1/s1. The molecule has 0 radical (unpaired) electrons. The summed E-state index contributed by atoms with van der Waals surface area (Å²) in [6.07, 6.45) is 2.49. The van der Waals surface area contributed by atoms with Gasteiger partial charge < -0.3 is 5.32 Å². The topological polar surface area (TPSA) is 12.0 Å². The molecule has 2 aromatic carbocycles. The van der Waals surface area contributed by atoms with Crippen LogP contribution in [-0.4, -0.2) is 6.54 Å². The van der Waals surface area contributed by atoms with Gasteiger partial charge in [-0.2, -0.15) is 0 Å². The highest BCUT2D eigenvalue weighted by Crippen LogP contribution is 2.45. The van der Waals surface area contributed by atoms with Crippen LogP contribution in [0.25, 0.3) is 11.1 Å². The summed E-state index contributed by atoms with van der Waals surface area (Å²) in [4.78, 5) is 0. The molecule has 2 bridgehead atoms. The van der Waals surface area contributed by atoms with Crippen molar-refractivity contribution in [3.05, 3.63) is 59.4 Å². The van der Waals surface area contributed by atoms with Gasteiger partial charge in [-0.05, 0) is 65.8 Å². The fourth-order valence-electron chi connectivity index (χ4n) is 3.51. The van der Waals surface area contributed by atoms with Crippen molar-refractivity contribution in [1.29, 1.82) is 0 Å². The first-order chi connectivity index (χ1) is 9.31. The van der Waals surface area contributed by atoms with E-state index < -0.39 is 0 Å². The Morgan fingerprint density at radius 1 is 0.947 bits per heavy atom. The van der Waals surface area contributed by atoms with Crippen LogP contribution in [0, 0.1) is 5.82 Å². The summed E-state index contributed by atoms with van der Waals surface area (Å²) in [5.74, 6) is 0.561. The highest BCUT2D eigenvalue weighted by Gasteiger charge is 2.33. The van der Waals surface area contributed by atoms with E-state index in [4.69, 9.17) is 0 Å². The van der Waals surface area contributed by atoms with Crippen molar-refractivity contribution in [2.24, 2.45) is 0 Å². The fraction of sp³-hybridized carbons (Fsp3) is 0.294. The Labute approximate surface area is 112 Å². The molecular formula is C17H16FN. The van der Waals surface area contributed by atoms with E-state index in [9.17, 15) is 4.39 Å². The molecule has 2 aliphatic rings. The van der Waals surface area contributed by atoms with E-state index in [0.29, 0.717) is 6.04 Å². The number of hydrogen-bond acceptors (Lipinski definition) is 1. The average molecular weight is 253 g/mol. The molecule has 96 valence electrons. The van der Waals surface area contributed by atoms with Crippen molar-refractivity contribution < 1.29 is 4.39 Å². The highest BCUT2D eigenvalue weighted by atomic mass is 19.1. The van der Waals surface area contributed by atoms with Crippen LogP contribution in [0.15, 0.2) is 42.5 Å². The van der Waals surface area contributed by atoms with Gasteiger partial charge in [0.1, 0.15) is 5.82 Å². The van der Waals surface area contributed by atoms with Crippen molar-refractivity contribution in [3.8, 4) is 11.1 Å². The fourth-order valence-corrected chi connectivity index (χ4v) is 3.51. The third kappa shape index (κ3) is 1.79. The largest absolute Gasteiger partial charge is 0.310 e. The van der Waals surface area contributed by atoms with E-state index in [1.165, 1.54) is 41.7 Å². The van der Waals surface area contributed by atoms with Gasteiger partial charge in [-0.3, -0.25) is 0 Å². The summed E-state index contributed by atoms with van der Waals surface area (Å²) in [7, 11) is 0. The van der Waals surface area contributed by atoms with Crippen molar-refractivity contribution in [1.82, 2.24) is 5.32 Å². The number of benzene rings is 2. The van der Waals surface area contributed by atoms with Crippen molar-refractivity contribution in [2.75, 3.05) is 6.54 Å². The lowest BCUT2D eigenvalue weighted by molar-refractivity contribution is 0.410. The van der Waals surface area contributed by atoms with Crippen molar-refractivity contribution >= 4 is 0 Å². The molecule has 1 fully saturated rings. The van der Waals surface area contributed by atoms with Crippen LogP contribution < -0.4 is 5.32 Å². The quantitative estimate of drug-likeness (QED) is 0.809. The summed E-state index contributed by atoms with van der Waals surface area (Å²) >= 11 is 0. The number of piperidine rings is 1. The Kier molecular flexibility index (Phi) is 2.46. The van der Waals surface area contributed by atoms with Crippen LogP contribution in [0.4, 0.5) is 4.39 Å². The van der Waals surface area contributed by atoms with E-state index in [-0.39, 0.29) is 5.82 Å². The number of hydrogen-bond donors (Lipinski definition) is 1. The summed E-state index contributed by atoms with van der Waals surface area (Å²) in [5.41, 5.74) is 5.24. The molecule has 1 aliphatic carbocycles. The smallest absolute Gasteiger partial charge is 0.123 e. The van der Waals surface area contributed by atoms with Gasteiger partial charge in [0.2, 0.25) is 0 Å². The number of halogens is 1. The molecule has 1 saturated heterocycles. The van der Waals surface area contributed by atoms with E-state index in [0.717, 1.165) is 18.0 Å². The second-order valence-electron chi connectivity index (χ2n) is 5.58. The number of fused-ring (bicyclic) bond motifs is 5. The summed E-state index contributed by atoms with van der Waals surface area (Å²) in [6, 6.07) is 14.0. The molecule has 0 aromatic heterocycles. The zero-order valence-electron chi connectivity index (χ0n) is 10.7. The molecule has 0 saturated carbocycles. The SMILES string of the molecule is Fc1ccc(-c2ccc3c(c2)[C@H]2C[C@H]3CCN2)cc1. The minimum Gasteiger partial charge on any atom is -0.310 e. The first kappa shape index (κ1) is 11.2. The Balaban J connectivity index is 1.78. The van der Waals surface area contributed by atoms with E-state index >= 15 is 0 Å². The van der Waals surface area contributed by atoms with Gasteiger partial charge in [0.05, 0.1) is 0 Å². The van der Waals surface area contributed by atoms with Gasteiger partial charge in [-0.25, -0.2) is 4.39 Å². The van der Waals surface area contributed by atoms with Gasteiger partial charge in [0.15, 0.2) is 0 Å². The number of nitrogens with one attached hydrogen (secondary N) is 1. The Morgan fingerprint density at radius 2 is 1.74 bits per heavy atom. The van der Waals surface area contributed by atoms with Crippen molar-refractivity contribution in [3.63, 3.8) is 0 Å². The summed E-state index contributed by atoms with van der Waals surface area (Å²) < 4.78 is 13.0. The molecule has 0 amide bonds. The normalized spacial score (nSPS) is 24.3. The molecule has 0 unspecified atom stereocenters. The molecule has 1 heterocycles. The summed E-state index contributed by atoms with van der Waals surface area (Å²) in [6.45, 7) is 1.12. The minimum absolute atomic E-state index is 0.178. The lowest BCUT2D eigenvalue weighted by Gasteiger charge is -2.20. The molecule has 2 heteroatoms. The molecule has 19 heavy (non-hydrogen) atoms. The zero-order valence-corrected chi connectivity index (χ0v) is 10.7. The highest BCUT2D eigenvalue weighted by molar-refractivity contribution is 5.66. The van der Waals surface area contributed by atoms with Gasteiger partial charge in [0, 0.05) is 6.04 Å². The Bertz CT molecular complexity index is 618. The lowest BCUT2D eigenvalue weighted by Crippen LogP contribution is -2.25. The van der Waals surface area contributed by atoms with E-state index in [1.54, 1.807) is 0 Å². The number of rotatable bonds is 1. The van der Waals surface area contributed by atoms with Crippen LogP contribution in [0.3, 0.4) is 0 Å². The maximum absolute atomic E-state index is 13.0. The van der Waals surface area contributed by atoms with Crippen LogP contribution in [0.1, 0.15) is 35.9 Å². The second-order valence-corrected chi connectivity index (χ2v) is 5.58. The van der Waals surface area contributed by atoms with Gasteiger partial charge in [0.25, 0.3) is 0 Å². The predicted octanol–water partition coefficient (Wildman–Crippen LogP) is 4.01. The summed E-state index contributed by atoms with van der Waals surface area (Å²) in [5, 5.41) is 3.59. The third-order valence-electron chi connectivity index (χ3n) is 4.48. The van der Waals surface area contributed by atoms with E-state index in [2.05, 4.69) is 23.5 Å². The van der Waals surface area contributed by atoms with Crippen LogP contribution in [0.2, 0.25) is 0 Å². The van der Waals surface area contributed by atoms with Crippen LogP contribution in [-0.2, 0) is 0 Å². The Morgan fingerprint density at radius 3 is 2.58 bits per heavy atom. The molecule has 1 aliphatic heterocycles. The maximum atomic E-state index is 13.0. The average Bonchev–Trinajstić information content (AvgIpc) is 2.71. The lowest BCUT2D eigenvalue weighted by atomic mass is 9.95. The van der Waals surface area contributed by atoms with Crippen LogP contribution >= 0.6 is 0 Å². The first-order valence-electron chi connectivity index (χ1n) is 6.94. The monoisotopic (exact) mass is 253 g/mol. The van der Waals surface area contributed by atoms with Crippen LogP contribution in [0.5, 0.6) is 0 Å². The predicted molar refractivity (Wildman–Crippen MR) is 74.6 cm³/mol. The minimum atomic E-state index is -0.178. The molecule has 1 N–H and O–H groups in total. The molecule has 2 aromatic rings. The van der Waals surface area contributed by atoms with Gasteiger partial charge in [-0.15, -0.1) is 0 Å². The molecule has 2 atom stereocenters. The maximum Gasteiger partial charge on any atom is 0.123 e.